The highest BCUT2D eigenvalue weighted by Crippen LogP contribution is 2.22. The second-order valence-corrected chi connectivity index (χ2v) is 7.15. The Balaban J connectivity index is 1.65. The van der Waals surface area contributed by atoms with Gasteiger partial charge in [-0.25, -0.2) is 0 Å². The van der Waals surface area contributed by atoms with Crippen molar-refractivity contribution in [3.63, 3.8) is 0 Å². The maximum Gasteiger partial charge on any atom is 0.274 e. The Morgan fingerprint density at radius 2 is 1.59 bits per heavy atom. The number of nitrogens with zero attached hydrogens (tertiary/aromatic N) is 1. The number of hydrogen-bond donors (Lipinski definition) is 2. The molecular formula is C24H25N3O2. The summed E-state index contributed by atoms with van der Waals surface area (Å²) in [6.45, 7) is 6.46. The van der Waals surface area contributed by atoms with Gasteiger partial charge in [0.15, 0.2) is 0 Å². The van der Waals surface area contributed by atoms with Crippen molar-refractivity contribution in [1.82, 2.24) is 10.3 Å². The second kappa shape index (κ2) is 9.15. The van der Waals surface area contributed by atoms with Gasteiger partial charge in [-0.2, -0.15) is 0 Å². The molecule has 0 radical (unpaired) electrons. The molecule has 0 aliphatic rings. The average molecular weight is 387 g/mol. The van der Waals surface area contributed by atoms with E-state index >= 15 is 0 Å². The van der Waals surface area contributed by atoms with Crippen LogP contribution in [0.2, 0.25) is 0 Å². The molecule has 2 amide bonds. The summed E-state index contributed by atoms with van der Waals surface area (Å²) in [6.07, 6.45) is 2.23. The number of nitrogens with one attached hydrogen (secondary N) is 2. The van der Waals surface area contributed by atoms with Crippen molar-refractivity contribution in [1.29, 1.82) is 0 Å². The Morgan fingerprint density at radius 1 is 0.897 bits per heavy atom. The minimum Gasteiger partial charge on any atom is -0.352 e. The molecular weight excluding hydrogens is 362 g/mol. The molecule has 0 unspecified atom stereocenters. The quantitative estimate of drug-likeness (QED) is 0.665. The number of pyridine rings is 1. The Hall–Kier alpha value is -3.47. The summed E-state index contributed by atoms with van der Waals surface area (Å²) in [5.74, 6) is -0.556. The lowest BCUT2D eigenvalue weighted by Gasteiger charge is -2.13. The number of benzene rings is 2. The number of rotatable bonds is 6. The van der Waals surface area contributed by atoms with E-state index in [1.807, 2.05) is 63.2 Å². The van der Waals surface area contributed by atoms with E-state index in [1.54, 1.807) is 6.07 Å². The van der Waals surface area contributed by atoms with Gasteiger partial charge in [0, 0.05) is 24.0 Å². The molecule has 148 valence electrons. The van der Waals surface area contributed by atoms with Gasteiger partial charge in [-0.1, -0.05) is 48.0 Å². The van der Waals surface area contributed by atoms with Crippen LogP contribution in [0, 0.1) is 20.8 Å². The van der Waals surface area contributed by atoms with Gasteiger partial charge in [0.2, 0.25) is 0 Å². The monoisotopic (exact) mass is 387 g/mol. The van der Waals surface area contributed by atoms with Crippen molar-refractivity contribution in [2.45, 2.75) is 27.2 Å². The van der Waals surface area contributed by atoms with Gasteiger partial charge in [0.25, 0.3) is 11.8 Å². The molecule has 1 heterocycles. The smallest absolute Gasteiger partial charge is 0.274 e. The van der Waals surface area contributed by atoms with E-state index in [4.69, 9.17) is 0 Å². The van der Waals surface area contributed by atoms with Crippen LogP contribution >= 0.6 is 0 Å². The lowest BCUT2D eigenvalue weighted by atomic mass is 10.0. The van der Waals surface area contributed by atoms with Crippen LogP contribution < -0.4 is 10.6 Å². The first-order valence-corrected chi connectivity index (χ1v) is 9.61. The third-order valence-corrected chi connectivity index (χ3v) is 4.71. The normalized spacial score (nSPS) is 10.4. The van der Waals surface area contributed by atoms with E-state index in [9.17, 15) is 9.59 Å². The third kappa shape index (κ3) is 5.29. The molecule has 0 bridgehead atoms. The van der Waals surface area contributed by atoms with Crippen molar-refractivity contribution in [3.05, 3.63) is 94.3 Å². The summed E-state index contributed by atoms with van der Waals surface area (Å²) in [5, 5.41) is 5.81. The zero-order chi connectivity index (χ0) is 20.8. The largest absolute Gasteiger partial charge is 0.352 e. The van der Waals surface area contributed by atoms with Gasteiger partial charge >= 0.3 is 0 Å². The number of aryl methyl sites for hydroxylation is 3. The summed E-state index contributed by atoms with van der Waals surface area (Å²) in [4.78, 5) is 29.2. The zero-order valence-electron chi connectivity index (χ0n) is 17.0. The minimum atomic E-state index is -0.334. The molecule has 0 saturated heterocycles. The molecule has 0 spiro atoms. The van der Waals surface area contributed by atoms with E-state index in [1.165, 1.54) is 12.3 Å². The first kappa shape index (κ1) is 20.3. The minimum absolute atomic E-state index is 0.208. The summed E-state index contributed by atoms with van der Waals surface area (Å²) in [5.41, 5.74) is 5.68. The lowest BCUT2D eigenvalue weighted by molar-refractivity contribution is 0.0954. The van der Waals surface area contributed by atoms with Gasteiger partial charge < -0.3 is 10.6 Å². The number of hydrogen-bond acceptors (Lipinski definition) is 3. The molecule has 2 aromatic carbocycles. The third-order valence-electron chi connectivity index (χ3n) is 4.71. The second-order valence-electron chi connectivity index (χ2n) is 7.15. The van der Waals surface area contributed by atoms with Crippen molar-refractivity contribution in [2.24, 2.45) is 0 Å². The predicted octanol–water partition coefficient (Wildman–Crippen LogP) is 4.23. The summed E-state index contributed by atoms with van der Waals surface area (Å²) in [7, 11) is 0. The summed E-state index contributed by atoms with van der Waals surface area (Å²) in [6, 6.07) is 17.1. The fourth-order valence-corrected chi connectivity index (χ4v) is 3.32. The van der Waals surface area contributed by atoms with Crippen LogP contribution in [0.1, 0.15) is 43.1 Å². The number of carbonyl (C=O) groups is 2. The molecule has 3 aromatic rings. The number of aromatic nitrogens is 1. The topological polar surface area (TPSA) is 71.1 Å². The van der Waals surface area contributed by atoms with Gasteiger partial charge in [-0.3, -0.25) is 14.6 Å². The van der Waals surface area contributed by atoms with Crippen molar-refractivity contribution < 1.29 is 9.59 Å². The fourth-order valence-electron chi connectivity index (χ4n) is 3.32. The Morgan fingerprint density at radius 3 is 2.28 bits per heavy atom. The first-order chi connectivity index (χ1) is 13.9. The molecule has 0 aliphatic carbocycles. The van der Waals surface area contributed by atoms with Crippen LogP contribution in [0.3, 0.4) is 0 Å². The fraction of sp³-hybridized carbons (Fsp3) is 0.208. The van der Waals surface area contributed by atoms with E-state index in [0.717, 1.165) is 34.4 Å². The average Bonchev–Trinajstić information content (AvgIpc) is 2.71. The highest BCUT2D eigenvalue weighted by atomic mass is 16.2. The lowest BCUT2D eigenvalue weighted by Crippen LogP contribution is -2.26. The molecule has 0 atom stereocenters. The van der Waals surface area contributed by atoms with Crippen LogP contribution in [0.4, 0.5) is 5.69 Å². The molecule has 29 heavy (non-hydrogen) atoms. The molecule has 0 fully saturated rings. The first-order valence-electron chi connectivity index (χ1n) is 9.61. The van der Waals surface area contributed by atoms with Crippen LogP contribution in [0.5, 0.6) is 0 Å². The van der Waals surface area contributed by atoms with E-state index in [-0.39, 0.29) is 17.5 Å². The van der Waals surface area contributed by atoms with Crippen molar-refractivity contribution >= 4 is 17.5 Å². The molecule has 5 heteroatoms. The predicted molar refractivity (Wildman–Crippen MR) is 115 cm³/mol. The maximum atomic E-state index is 12.7. The van der Waals surface area contributed by atoms with Crippen molar-refractivity contribution in [2.75, 3.05) is 11.9 Å². The van der Waals surface area contributed by atoms with Crippen molar-refractivity contribution in [3.8, 4) is 0 Å². The van der Waals surface area contributed by atoms with Gasteiger partial charge in [-0.15, -0.1) is 0 Å². The van der Waals surface area contributed by atoms with E-state index in [0.29, 0.717) is 12.1 Å². The summed E-state index contributed by atoms with van der Waals surface area (Å²) >= 11 is 0. The standard InChI is InChI=1S/C24H25N3O2/c1-16-13-17(2)22(18(3)14-16)27-24(29)21-15-20(10-12-25-21)23(28)26-11-9-19-7-5-4-6-8-19/h4-8,10,12-15H,9,11H2,1-3H3,(H,26,28)(H,27,29). The van der Waals surface area contributed by atoms with Gasteiger partial charge in [0.05, 0.1) is 0 Å². The van der Waals surface area contributed by atoms with Crippen LogP contribution in [-0.2, 0) is 6.42 Å². The summed E-state index contributed by atoms with van der Waals surface area (Å²) < 4.78 is 0. The van der Waals surface area contributed by atoms with Gasteiger partial charge in [-0.05, 0) is 56.0 Å². The van der Waals surface area contributed by atoms with Gasteiger partial charge in [0.1, 0.15) is 5.69 Å². The Kier molecular flexibility index (Phi) is 6.39. The number of carbonyl (C=O) groups excluding carboxylic acids is 2. The van der Waals surface area contributed by atoms with E-state index in [2.05, 4.69) is 15.6 Å². The molecule has 3 rings (SSSR count). The SMILES string of the molecule is Cc1cc(C)c(NC(=O)c2cc(C(=O)NCCc3ccccc3)ccn2)c(C)c1. The highest BCUT2D eigenvalue weighted by molar-refractivity contribution is 6.05. The molecule has 0 aliphatic heterocycles. The molecule has 0 saturated carbocycles. The Labute approximate surface area is 171 Å². The highest BCUT2D eigenvalue weighted by Gasteiger charge is 2.14. The van der Waals surface area contributed by atoms with E-state index < -0.39 is 0 Å². The molecule has 2 N–H and O–H groups in total. The Bertz CT molecular complexity index is 1010. The zero-order valence-corrected chi connectivity index (χ0v) is 17.0. The van der Waals surface area contributed by atoms with Crippen LogP contribution in [0.15, 0.2) is 60.8 Å². The molecule has 5 nitrogen and oxygen atoms in total. The number of amides is 2. The van der Waals surface area contributed by atoms with Crippen LogP contribution in [0.25, 0.3) is 0 Å². The maximum absolute atomic E-state index is 12.7. The molecule has 1 aromatic heterocycles. The van der Waals surface area contributed by atoms with Crippen LogP contribution in [-0.4, -0.2) is 23.3 Å². The number of anilines is 1.